The molecule has 0 spiro atoms. The smallest absolute Gasteiger partial charge is 0.325 e. The largest absolute Gasteiger partial charge is 0.465 e. The zero-order valence-electron chi connectivity index (χ0n) is 20.6. The van der Waals surface area contributed by atoms with Crippen molar-refractivity contribution in [2.45, 2.75) is 38.1 Å². The third kappa shape index (κ3) is 5.05. The molecule has 9 heteroatoms. The van der Waals surface area contributed by atoms with Gasteiger partial charge < -0.3 is 19.8 Å². The van der Waals surface area contributed by atoms with Crippen LogP contribution in [0.1, 0.15) is 48.8 Å². The number of hydrogen-bond acceptors (Lipinski definition) is 5. The number of fused-ring (bicyclic) bond motifs is 1. The lowest BCUT2D eigenvalue weighted by Crippen LogP contribution is -2.38. The second-order valence-electron chi connectivity index (χ2n) is 9.01. The van der Waals surface area contributed by atoms with Crippen LogP contribution in [-0.4, -0.2) is 40.2 Å². The van der Waals surface area contributed by atoms with Crippen LogP contribution in [0.15, 0.2) is 72.8 Å². The molecular weight excluding hydrogens is 583 g/mol. The van der Waals surface area contributed by atoms with Gasteiger partial charge in [0.25, 0.3) is 5.91 Å². The van der Waals surface area contributed by atoms with Gasteiger partial charge >= 0.3 is 6.03 Å². The van der Waals surface area contributed by atoms with Gasteiger partial charge in [-0.1, -0.05) is 49.4 Å². The minimum Gasteiger partial charge on any atom is -0.465 e. The number of benzene rings is 3. The number of methoxy groups -OCH3 is 1. The second kappa shape index (κ2) is 10.5. The number of urea groups is 1. The second-order valence-corrected chi connectivity index (χ2v) is 10.3. The highest BCUT2D eigenvalue weighted by molar-refractivity contribution is 14.1. The topological polar surface area (TPSA) is 96.6 Å². The number of carbonyl (C=O) groups is 2. The molecular formula is C28H27IN4O4. The summed E-state index contributed by atoms with van der Waals surface area (Å²) in [4.78, 5) is 36.6. The van der Waals surface area contributed by atoms with Crippen LogP contribution < -0.4 is 10.1 Å². The summed E-state index contributed by atoms with van der Waals surface area (Å²) in [5, 5.41) is 2.87. The number of imidazole rings is 1. The Kier molecular flexibility index (Phi) is 7.16. The Morgan fingerprint density at radius 1 is 1.00 bits per heavy atom. The van der Waals surface area contributed by atoms with E-state index in [1.54, 1.807) is 38.3 Å². The number of imide groups is 1. The summed E-state index contributed by atoms with van der Waals surface area (Å²) in [6.45, 7) is 3.80. The molecule has 1 aliphatic heterocycles. The van der Waals surface area contributed by atoms with Crippen molar-refractivity contribution in [3.8, 4) is 5.75 Å². The van der Waals surface area contributed by atoms with Crippen molar-refractivity contribution in [3.63, 3.8) is 0 Å². The molecule has 37 heavy (non-hydrogen) atoms. The molecule has 1 saturated heterocycles. The van der Waals surface area contributed by atoms with E-state index in [2.05, 4.69) is 32.9 Å². The first kappa shape index (κ1) is 25.2. The van der Waals surface area contributed by atoms with Crippen molar-refractivity contribution >= 4 is 45.6 Å². The van der Waals surface area contributed by atoms with Gasteiger partial charge in [-0.3, -0.25) is 9.69 Å². The number of carbonyl (C=O) groups excluding carboxylic acids is 2. The molecule has 1 aliphatic rings. The number of aromatic amines is 1. The Balaban J connectivity index is 1.50. The van der Waals surface area contributed by atoms with Crippen molar-refractivity contribution in [2.75, 3.05) is 7.11 Å². The van der Waals surface area contributed by atoms with Gasteiger partial charge in [0.2, 0.25) is 0 Å². The van der Waals surface area contributed by atoms with Gasteiger partial charge in [-0.25, -0.2) is 9.78 Å². The van der Waals surface area contributed by atoms with Crippen molar-refractivity contribution in [1.29, 1.82) is 0 Å². The minimum atomic E-state index is -0.808. The fourth-order valence-electron chi connectivity index (χ4n) is 4.63. The first-order valence-electron chi connectivity index (χ1n) is 12.0. The number of H-pyrrole nitrogens is 1. The zero-order chi connectivity index (χ0) is 26.1. The molecule has 8 nitrogen and oxygen atoms in total. The van der Waals surface area contributed by atoms with E-state index in [-0.39, 0.29) is 11.8 Å². The van der Waals surface area contributed by atoms with Crippen LogP contribution in [0.3, 0.4) is 0 Å². The van der Waals surface area contributed by atoms with Crippen molar-refractivity contribution in [1.82, 2.24) is 20.2 Å². The van der Waals surface area contributed by atoms with Gasteiger partial charge in [-0.05, 0) is 71.0 Å². The lowest BCUT2D eigenvalue weighted by molar-refractivity contribution is -0.129. The summed E-state index contributed by atoms with van der Waals surface area (Å²) in [5.74, 6) is 0.640. The van der Waals surface area contributed by atoms with Crippen LogP contribution in [0.4, 0.5) is 4.79 Å². The highest BCUT2D eigenvalue weighted by Crippen LogP contribution is 2.39. The molecule has 2 heterocycles. The predicted molar refractivity (Wildman–Crippen MR) is 148 cm³/mol. The molecule has 0 saturated carbocycles. The molecule has 3 aromatic carbocycles. The Hall–Kier alpha value is -3.44. The van der Waals surface area contributed by atoms with E-state index < -0.39 is 24.4 Å². The summed E-state index contributed by atoms with van der Waals surface area (Å²) in [7, 11) is 1.57. The summed E-state index contributed by atoms with van der Waals surface area (Å²) >= 11 is 2.25. The van der Waals surface area contributed by atoms with Gasteiger partial charge in [-0.2, -0.15) is 0 Å². The fraction of sp³-hybridized carbons (Fsp3) is 0.250. The number of ether oxygens (including phenoxy) is 2. The van der Waals surface area contributed by atoms with Crippen molar-refractivity contribution in [3.05, 3.63) is 93.3 Å². The standard InChI is InChI=1S/C28H27IN4O4/c1-16(18-7-5-4-6-8-18)25(26-30-22-14-11-20(29)15-23(22)31-26)33-27(34)24(32-28(33)35)19-9-12-21(13-10-19)37-17(2)36-3/h4-17,24-25H,1-3H3,(H,30,31)(H,32,35)/t16-,17?,24+,25-/m0/s1. The molecule has 1 fully saturated rings. The monoisotopic (exact) mass is 610 g/mol. The number of nitrogens with zero attached hydrogens (tertiary/aromatic N) is 2. The molecule has 5 rings (SSSR count). The van der Waals surface area contributed by atoms with Crippen LogP contribution in [0.25, 0.3) is 11.0 Å². The van der Waals surface area contributed by atoms with E-state index in [1.165, 1.54) is 4.90 Å². The maximum absolute atomic E-state index is 13.8. The average molecular weight is 610 g/mol. The molecule has 0 radical (unpaired) electrons. The Morgan fingerprint density at radius 2 is 1.73 bits per heavy atom. The molecule has 0 bridgehead atoms. The zero-order valence-corrected chi connectivity index (χ0v) is 22.8. The highest BCUT2D eigenvalue weighted by Gasteiger charge is 2.46. The van der Waals surface area contributed by atoms with Gasteiger partial charge in [0.15, 0.2) is 6.29 Å². The molecule has 190 valence electrons. The number of nitrogens with one attached hydrogen (secondary N) is 2. The van der Waals surface area contributed by atoms with Crippen LogP contribution in [0, 0.1) is 3.57 Å². The minimum absolute atomic E-state index is 0.208. The van der Waals surface area contributed by atoms with Crippen LogP contribution in [-0.2, 0) is 9.53 Å². The number of rotatable bonds is 8. The summed E-state index contributed by atoms with van der Waals surface area (Å²) in [5.41, 5.74) is 3.31. The van der Waals surface area contributed by atoms with Crippen LogP contribution in [0.5, 0.6) is 5.75 Å². The van der Waals surface area contributed by atoms with Crippen LogP contribution >= 0.6 is 22.6 Å². The third-order valence-corrected chi connectivity index (χ3v) is 7.31. The van der Waals surface area contributed by atoms with E-state index >= 15 is 0 Å². The lowest BCUT2D eigenvalue weighted by atomic mass is 9.91. The van der Waals surface area contributed by atoms with E-state index in [0.29, 0.717) is 17.1 Å². The average Bonchev–Trinajstić information content (AvgIpc) is 3.45. The van der Waals surface area contributed by atoms with Gasteiger partial charge in [0.05, 0.1) is 11.0 Å². The number of aromatic nitrogens is 2. The molecule has 3 amide bonds. The normalized spacial score (nSPS) is 18.1. The maximum Gasteiger partial charge on any atom is 0.325 e. The fourth-order valence-corrected chi connectivity index (χ4v) is 5.12. The van der Waals surface area contributed by atoms with E-state index in [1.807, 2.05) is 55.5 Å². The Morgan fingerprint density at radius 3 is 2.43 bits per heavy atom. The van der Waals surface area contributed by atoms with Crippen LogP contribution in [0.2, 0.25) is 0 Å². The Bertz CT molecular complexity index is 1420. The quantitative estimate of drug-likeness (QED) is 0.152. The van der Waals surface area contributed by atoms with E-state index in [4.69, 9.17) is 14.5 Å². The molecule has 0 aliphatic carbocycles. The summed E-state index contributed by atoms with van der Waals surface area (Å²) < 4.78 is 11.8. The molecule has 2 N–H and O–H groups in total. The SMILES string of the molecule is COC(C)Oc1ccc([C@H]2NC(=O)N([C@H](c3nc4ccc(I)cc4[nH]3)[C@@H](C)c3ccccc3)C2=O)cc1. The molecule has 1 unspecified atom stereocenters. The lowest BCUT2D eigenvalue weighted by Gasteiger charge is -2.29. The predicted octanol–water partition coefficient (Wildman–Crippen LogP) is 5.68. The van der Waals surface area contributed by atoms with Gasteiger partial charge in [0, 0.05) is 16.6 Å². The first-order chi connectivity index (χ1) is 17.9. The number of hydrogen-bond donors (Lipinski definition) is 2. The number of amides is 3. The van der Waals surface area contributed by atoms with Gasteiger partial charge in [0.1, 0.15) is 23.7 Å². The maximum atomic E-state index is 13.8. The van der Waals surface area contributed by atoms with Crippen molar-refractivity contribution < 1.29 is 19.1 Å². The first-order valence-corrected chi connectivity index (χ1v) is 13.1. The van der Waals surface area contributed by atoms with Gasteiger partial charge in [-0.15, -0.1) is 0 Å². The highest BCUT2D eigenvalue weighted by atomic mass is 127. The van der Waals surface area contributed by atoms with E-state index in [9.17, 15) is 9.59 Å². The Labute approximate surface area is 228 Å². The molecule has 4 aromatic rings. The van der Waals surface area contributed by atoms with E-state index in [0.717, 1.165) is 20.2 Å². The summed E-state index contributed by atoms with van der Waals surface area (Å²) in [6, 6.07) is 21.0. The third-order valence-electron chi connectivity index (χ3n) is 6.64. The molecule has 4 atom stereocenters. The number of halogens is 1. The van der Waals surface area contributed by atoms with Crippen molar-refractivity contribution in [2.24, 2.45) is 0 Å². The summed E-state index contributed by atoms with van der Waals surface area (Å²) in [6.07, 6.45) is -0.401. The molecule has 1 aromatic heterocycles.